The Morgan fingerprint density at radius 3 is 2.38 bits per heavy atom. The van der Waals surface area contributed by atoms with Gasteiger partial charge in [-0.2, -0.15) is 0 Å². The number of benzene rings is 2. The summed E-state index contributed by atoms with van der Waals surface area (Å²) in [6.07, 6.45) is 0.560. The first-order valence-corrected chi connectivity index (χ1v) is 6.61. The summed E-state index contributed by atoms with van der Waals surface area (Å²) in [7, 11) is 3.06. The molecule has 0 saturated carbocycles. The Labute approximate surface area is 123 Å². The first kappa shape index (κ1) is 15.3. The average Bonchev–Trinajstić information content (AvgIpc) is 2.54. The minimum atomic E-state index is -0.392. The van der Waals surface area contributed by atoms with Crippen molar-refractivity contribution in [3.8, 4) is 11.5 Å². The molecular formula is C16H19FN2O2. The molecule has 0 fully saturated rings. The fourth-order valence-electron chi connectivity index (χ4n) is 2.21. The molecule has 0 bridgehead atoms. The van der Waals surface area contributed by atoms with E-state index in [1.165, 1.54) is 7.11 Å². The molecule has 4 nitrogen and oxygen atoms in total. The van der Waals surface area contributed by atoms with Crippen molar-refractivity contribution in [3.05, 3.63) is 59.4 Å². The highest BCUT2D eigenvalue weighted by Gasteiger charge is 2.17. The monoisotopic (exact) mass is 290 g/mol. The molecule has 0 amide bonds. The van der Waals surface area contributed by atoms with E-state index in [0.717, 1.165) is 11.3 Å². The number of rotatable bonds is 6. The van der Waals surface area contributed by atoms with Crippen LogP contribution in [0.1, 0.15) is 17.2 Å². The molecule has 1 unspecified atom stereocenters. The van der Waals surface area contributed by atoms with Gasteiger partial charge in [0.1, 0.15) is 5.75 Å². The number of ether oxygens (including phenoxy) is 2. The van der Waals surface area contributed by atoms with Crippen LogP contribution in [0.3, 0.4) is 0 Å². The largest absolute Gasteiger partial charge is 0.497 e. The van der Waals surface area contributed by atoms with Crippen LogP contribution in [-0.4, -0.2) is 14.2 Å². The van der Waals surface area contributed by atoms with Crippen LogP contribution in [0.4, 0.5) is 4.39 Å². The highest BCUT2D eigenvalue weighted by atomic mass is 19.1. The Balaban J connectivity index is 2.23. The van der Waals surface area contributed by atoms with Crippen LogP contribution in [0.15, 0.2) is 42.5 Å². The average molecular weight is 290 g/mol. The van der Waals surface area contributed by atoms with Crippen molar-refractivity contribution in [2.24, 2.45) is 5.84 Å². The normalized spacial score (nSPS) is 12.0. The summed E-state index contributed by atoms with van der Waals surface area (Å²) < 4.78 is 24.4. The summed E-state index contributed by atoms with van der Waals surface area (Å²) in [5.41, 5.74) is 4.17. The topological polar surface area (TPSA) is 56.5 Å². The van der Waals surface area contributed by atoms with Gasteiger partial charge in [-0.3, -0.25) is 11.3 Å². The highest BCUT2D eigenvalue weighted by molar-refractivity contribution is 5.35. The molecule has 2 aromatic rings. The molecule has 0 aliphatic rings. The first-order valence-electron chi connectivity index (χ1n) is 6.61. The van der Waals surface area contributed by atoms with E-state index in [-0.39, 0.29) is 11.8 Å². The van der Waals surface area contributed by atoms with Gasteiger partial charge in [-0.15, -0.1) is 0 Å². The van der Waals surface area contributed by atoms with Crippen molar-refractivity contribution >= 4 is 0 Å². The molecule has 2 aromatic carbocycles. The molecule has 0 spiro atoms. The third-order valence-corrected chi connectivity index (χ3v) is 3.39. The van der Waals surface area contributed by atoms with Gasteiger partial charge in [-0.05, 0) is 30.2 Å². The van der Waals surface area contributed by atoms with Gasteiger partial charge in [0.25, 0.3) is 0 Å². The van der Waals surface area contributed by atoms with Crippen LogP contribution >= 0.6 is 0 Å². The van der Waals surface area contributed by atoms with Gasteiger partial charge in [0.15, 0.2) is 11.6 Å². The minimum absolute atomic E-state index is 0.211. The van der Waals surface area contributed by atoms with E-state index in [4.69, 9.17) is 15.3 Å². The zero-order valence-electron chi connectivity index (χ0n) is 12.1. The van der Waals surface area contributed by atoms with E-state index in [9.17, 15) is 4.39 Å². The minimum Gasteiger partial charge on any atom is -0.497 e. The summed E-state index contributed by atoms with van der Waals surface area (Å²) in [6.45, 7) is 0. The lowest BCUT2D eigenvalue weighted by atomic mass is 9.98. The van der Waals surface area contributed by atoms with Crippen LogP contribution in [0.2, 0.25) is 0 Å². The van der Waals surface area contributed by atoms with Crippen LogP contribution in [-0.2, 0) is 6.42 Å². The van der Waals surface area contributed by atoms with E-state index in [2.05, 4.69) is 5.43 Å². The standard InChI is InChI=1S/C16H19FN2O2/c1-20-12-8-6-11(7-9-12)10-14(19-18)13-4-3-5-15(21-2)16(13)17/h3-9,14,19H,10,18H2,1-2H3. The van der Waals surface area contributed by atoms with Crippen molar-refractivity contribution in [1.29, 1.82) is 0 Å². The van der Waals surface area contributed by atoms with Crippen LogP contribution in [0.5, 0.6) is 11.5 Å². The fourth-order valence-corrected chi connectivity index (χ4v) is 2.21. The zero-order valence-corrected chi connectivity index (χ0v) is 12.1. The molecule has 0 saturated heterocycles. The molecule has 5 heteroatoms. The second kappa shape index (κ2) is 7.06. The smallest absolute Gasteiger partial charge is 0.169 e. The Morgan fingerprint density at radius 1 is 1.10 bits per heavy atom. The molecule has 3 N–H and O–H groups in total. The van der Waals surface area contributed by atoms with Gasteiger partial charge < -0.3 is 9.47 Å². The molecule has 0 heterocycles. The van der Waals surface area contributed by atoms with Gasteiger partial charge in [0.05, 0.1) is 20.3 Å². The quantitative estimate of drug-likeness (QED) is 0.634. The second-order valence-electron chi connectivity index (χ2n) is 4.63. The van der Waals surface area contributed by atoms with Crippen LogP contribution in [0, 0.1) is 5.82 Å². The number of hydrazine groups is 1. The van der Waals surface area contributed by atoms with E-state index >= 15 is 0 Å². The lowest BCUT2D eigenvalue weighted by Crippen LogP contribution is -2.30. The second-order valence-corrected chi connectivity index (χ2v) is 4.63. The van der Waals surface area contributed by atoms with Gasteiger partial charge in [-0.25, -0.2) is 4.39 Å². The van der Waals surface area contributed by atoms with Crippen molar-refractivity contribution in [2.75, 3.05) is 14.2 Å². The van der Waals surface area contributed by atoms with E-state index in [1.807, 2.05) is 24.3 Å². The third-order valence-electron chi connectivity index (χ3n) is 3.39. The number of halogens is 1. The highest BCUT2D eigenvalue weighted by Crippen LogP contribution is 2.27. The van der Waals surface area contributed by atoms with Crippen molar-refractivity contribution in [2.45, 2.75) is 12.5 Å². The number of hydrogen-bond donors (Lipinski definition) is 2. The van der Waals surface area contributed by atoms with Crippen molar-refractivity contribution < 1.29 is 13.9 Å². The fraction of sp³-hybridized carbons (Fsp3) is 0.250. The molecule has 0 aromatic heterocycles. The van der Waals surface area contributed by atoms with Gasteiger partial charge >= 0.3 is 0 Å². The maximum Gasteiger partial charge on any atom is 0.169 e. The van der Waals surface area contributed by atoms with E-state index in [0.29, 0.717) is 12.0 Å². The molecular weight excluding hydrogens is 271 g/mol. The lowest BCUT2D eigenvalue weighted by molar-refractivity contribution is 0.379. The third kappa shape index (κ3) is 3.51. The summed E-state index contributed by atoms with van der Waals surface area (Å²) in [4.78, 5) is 0. The summed E-state index contributed by atoms with van der Waals surface area (Å²) in [5, 5.41) is 0. The summed E-state index contributed by atoms with van der Waals surface area (Å²) in [6, 6.07) is 12.3. The molecule has 2 rings (SSSR count). The predicted molar refractivity (Wildman–Crippen MR) is 79.7 cm³/mol. The van der Waals surface area contributed by atoms with Gasteiger partial charge in [-0.1, -0.05) is 24.3 Å². The van der Waals surface area contributed by atoms with Crippen LogP contribution < -0.4 is 20.7 Å². The zero-order chi connectivity index (χ0) is 15.2. The molecule has 0 radical (unpaired) electrons. The molecule has 0 aliphatic heterocycles. The number of nitrogens with two attached hydrogens (primary N) is 1. The number of nitrogens with one attached hydrogen (secondary N) is 1. The summed E-state index contributed by atoms with van der Waals surface area (Å²) in [5.74, 6) is 6.19. The SMILES string of the molecule is COc1ccc(CC(NN)c2cccc(OC)c2F)cc1. The summed E-state index contributed by atoms with van der Waals surface area (Å²) >= 11 is 0. The van der Waals surface area contributed by atoms with Gasteiger partial charge in [0.2, 0.25) is 0 Å². The van der Waals surface area contributed by atoms with Crippen molar-refractivity contribution in [1.82, 2.24) is 5.43 Å². The van der Waals surface area contributed by atoms with Crippen LogP contribution in [0.25, 0.3) is 0 Å². The lowest BCUT2D eigenvalue weighted by Gasteiger charge is -2.18. The number of hydrogen-bond acceptors (Lipinski definition) is 4. The maximum atomic E-state index is 14.3. The molecule has 21 heavy (non-hydrogen) atoms. The van der Waals surface area contributed by atoms with E-state index in [1.54, 1.807) is 25.3 Å². The Kier molecular flexibility index (Phi) is 5.14. The first-order chi connectivity index (χ1) is 10.2. The molecule has 0 aliphatic carbocycles. The molecule has 1 atom stereocenters. The predicted octanol–water partition coefficient (Wildman–Crippen LogP) is 2.59. The molecule has 112 valence electrons. The Bertz CT molecular complexity index is 587. The number of methoxy groups -OCH3 is 2. The maximum absolute atomic E-state index is 14.3. The van der Waals surface area contributed by atoms with Gasteiger partial charge in [0, 0.05) is 5.56 Å². The van der Waals surface area contributed by atoms with E-state index < -0.39 is 5.82 Å². The van der Waals surface area contributed by atoms with Crippen molar-refractivity contribution in [3.63, 3.8) is 0 Å². The Hall–Kier alpha value is -2.11. The Morgan fingerprint density at radius 2 is 1.81 bits per heavy atom.